The lowest BCUT2D eigenvalue weighted by atomic mass is 10.1. The zero-order valence-corrected chi connectivity index (χ0v) is 19.5. The van der Waals surface area contributed by atoms with E-state index in [4.69, 9.17) is 8.94 Å². The number of rotatable bonds is 6. The Hall–Kier alpha value is -3.85. The summed E-state index contributed by atoms with van der Waals surface area (Å²) >= 11 is 1.55. The van der Waals surface area contributed by atoms with Gasteiger partial charge in [-0.25, -0.2) is 0 Å². The molecule has 172 valence electrons. The number of aromatic nitrogens is 2. The van der Waals surface area contributed by atoms with Gasteiger partial charge < -0.3 is 19.2 Å². The molecule has 0 spiro atoms. The van der Waals surface area contributed by atoms with E-state index in [1.165, 1.54) is 6.26 Å². The van der Waals surface area contributed by atoms with Crippen LogP contribution in [-0.2, 0) is 0 Å². The van der Waals surface area contributed by atoms with Crippen molar-refractivity contribution in [3.05, 3.63) is 78.1 Å². The second-order valence-electron chi connectivity index (χ2n) is 7.87. The van der Waals surface area contributed by atoms with Crippen LogP contribution < -0.4 is 10.2 Å². The van der Waals surface area contributed by atoms with Gasteiger partial charge in [-0.1, -0.05) is 36.0 Å². The van der Waals surface area contributed by atoms with Gasteiger partial charge in [-0.05, 0) is 55.8 Å². The minimum Gasteiger partial charge on any atom is -0.459 e. The predicted octanol–water partition coefficient (Wildman–Crippen LogP) is 5.34. The van der Waals surface area contributed by atoms with E-state index in [0.29, 0.717) is 17.9 Å². The van der Waals surface area contributed by atoms with E-state index in [0.717, 1.165) is 27.5 Å². The summed E-state index contributed by atoms with van der Waals surface area (Å²) in [6.07, 6.45) is 2.28. The molecular formula is C25H22N4O4S. The molecule has 1 N–H and O–H groups in total. The zero-order chi connectivity index (χ0) is 23.7. The lowest BCUT2D eigenvalue weighted by molar-refractivity contribution is 0.0903. The summed E-state index contributed by atoms with van der Waals surface area (Å²) < 4.78 is 10.5. The molecule has 0 radical (unpaired) electrons. The van der Waals surface area contributed by atoms with Crippen LogP contribution in [0.15, 0.2) is 79.6 Å². The van der Waals surface area contributed by atoms with Gasteiger partial charge in [0.2, 0.25) is 11.7 Å². The lowest BCUT2D eigenvalue weighted by Crippen LogP contribution is -2.31. The Kier molecular flexibility index (Phi) is 5.93. The molecule has 1 aliphatic rings. The first kappa shape index (κ1) is 22.0. The minimum atomic E-state index is -0.501. The minimum absolute atomic E-state index is 0.000536. The van der Waals surface area contributed by atoms with Crippen molar-refractivity contribution >= 4 is 29.3 Å². The summed E-state index contributed by atoms with van der Waals surface area (Å²) in [7, 11) is 0. The molecule has 0 aliphatic carbocycles. The van der Waals surface area contributed by atoms with Gasteiger partial charge >= 0.3 is 0 Å². The predicted molar refractivity (Wildman–Crippen MR) is 127 cm³/mol. The summed E-state index contributed by atoms with van der Waals surface area (Å²) in [5.74, 6) is 0.535. The highest BCUT2D eigenvalue weighted by atomic mass is 32.2. The van der Waals surface area contributed by atoms with Gasteiger partial charge in [-0.2, -0.15) is 4.98 Å². The first-order valence-corrected chi connectivity index (χ1v) is 11.8. The maximum Gasteiger partial charge on any atom is 0.287 e. The highest BCUT2D eigenvalue weighted by molar-refractivity contribution is 7.99. The van der Waals surface area contributed by atoms with Crippen molar-refractivity contribution < 1.29 is 18.5 Å². The van der Waals surface area contributed by atoms with Crippen LogP contribution >= 0.6 is 11.8 Å². The number of furan rings is 1. The van der Waals surface area contributed by atoms with E-state index >= 15 is 0 Å². The van der Waals surface area contributed by atoms with Gasteiger partial charge in [-0.3, -0.25) is 9.59 Å². The number of benzene rings is 2. The van der Waals surface area contributed by atoms with Crippen LogP contribution in [0.5, 0.6) is 0 Å². The molecule has 34 heavy (non-hydrogen) atoms. The molecule has 1 aliphatic heterocycles. The monoisotopic (exact) mass is 474 g/mol. The molecular weight excluding hydrogens is 452 g/mol. The number of nitrogens with zero attached hydrogens (tertiary/aromatic N) is 3. The second-order valence-corrected chi connectivity index (χ2v) is 8.95. The Morgan fingerprint density at radius 2 is 2.00 bits per heavy atom. The quantitative estimate of drug-likeness (QED) is 0.402. The maximum atomic E-state index is 13.2. The van der Waals surface area contributed by atoms with Crippen molar-refractivity contribution in [1.29, 1.82) is 0 Å². The maximum absolute atomic E-state index is 13.2. The first-order chi connectivity index (χ1) is 16.5. The van der Waals surface area contributed by atoms with E-state index in [1.807, 2.05) is 47.4 Å². The SMILES string of the molecule is CCCN1C(=O)c2ccccc2Sc2cc(-c3noc(C(C)NC(=O)c4ccco4)n3)ccc21. The molecule has 0 fully saturated rings. The Morgan fingerprint density at radius 1 is 1.15 bits per heavy atom. The third-order valence-corrected chi connectivity index (χ3v) is 6.57. The summed E-state index contributed by atoms with van der Waals surface area (Å²) in [6.45, 7) is 4.44. The van der Waals surface area contributed by atoms with Crippen molar-refractivity contribution in [3.8, 4) is 11.4 Å². The summed E-state index contributed by atoms with van der Waals surface area (Å²) in [4.78, 5) is 33.6. The van der Waals surface area contributed by atoms with Crippen molar-refractivity contribution in [2.45, 2.75) is 36.1 Å². The Bertz CT molecular complexity index is 1350. The number of carbonyl (C=O) groups is 2. The van der Waals surface area contributed by atoms with Crippen LogP contribution in [-0.4, -0.2) is 28.5 Å². The average Bonchev–Trinajstić information content (AvgIpc) is 3.54. The normalized spacial score (nSPS) is 13.7. The number of fused-ring (bicyclic) bond motifs is 2. The van der Waals surface area contributed by atoms with E-state index in [1.54, 1.807) is 30.8 Å². The van der Waals surface area contributed by atoms with Gasteiger partial charge in [-0.15, -0.1) is 0 Å². The van der Waals surface area contributed by atoms with E-state index in [2.05, 4.69) is 22.4 Å². The third-order valence-electron chi connectivity index (χ3n) is 5.44. The molecule has 8 nitrogen and oxygen atoms in total. The smallest absolute Gasteiger partial charge is 0.287 e. The molecule has 3 heterocycles. The van der Waals surface area contributed by atoms with Crippen LogP contribution in [0.1, 0.15) is 53.1 Å². The van der Waals surface area contributed by atoms with Gasteiger partial charge in [0.25, 0.3) is 11.8 Å². The van der Waals surface area contributed by atoms with Crippen molar-refractivity contribution in [2.24, 2.45) is 0 Å². The Morgan fingerprint density at radius 3 is 2.79 bits per heavy atom. The van der Waals surface area contributed by atoms with E-state index < -0.39 is 6.04 Å². The van der Waals surface area contributed by atoms with E-state index in [-0.39, 0.29) is 23.5 Å². The summed E-state index contributed by atoms with van der Waals surface area (Å²) in [5.41, 5.74) is 2.32. The van der Waals surface area contributed by atoms with Crippen LogP contribution in [0.4, 0.5) is 5.69 Å². The molecule has 1 unspecified atom stereocenters. The van der Waals surface area contributed by atoms with Crippen LogP contribution in [0.25, 0.3) is 11.4 Å². The van der Waals surface area contributed by atoms with Crippen molar-refractivity contribution in [1.82, 2.24) is 15.5 Å². The summed E-state index contributed by atoms with van der Waals surface area (Å²) in [6, 6.07) is 16.1. The lowest BCUT2D eigenvalue weighted by Gasteiger charge is -2.22. The number of anilines is 1. The van der Waals surface area contributed by atoms with Gasteiger partial charge in [0.1, 0.15) is 6.04 Å². The molecule has 0 bridgehead atoms. The zero-order valence-electron chi connectivity index (χ0n) is 18.6. The van der Waals surface area contributed by atoms with Crippen LogP contribution in [0.3, 0.4) is 0 Å². The van der Waals surface area contributed by atoms with Gasteiger partial charge in [0.05, 0.1) is 17.5 Å². The fraction of sp³-hybridized carbons (Fsp3) is 0.200. The molecule has 9 heteroatoms. The first-order valence-electron chi connectivity index (χ1n) is 11.0. The highest BCUT2D eigenvalue weighted by Crippen LogP contribution is 2.42. The van der Waals surface area contributed by atoms with E-state index in [9.17, 15) is 9.59 Å². The van der Waals surface area contributed by atoms with Crippen LogP contribution in [0.2, 0.25) is 0 Å². The Balaban J connectivity index is 1.44. The average molecular weight is 475 g/mol. The number of amides is 2. The molecule has 2 aromatic carbocycles. The number of nitrogens with one attached hydrogen (secondary N) is 1. The fourth-order valence-corrected chi connectivity index (χ4v) is 4.89. The largest absolute Gasteiger partial charge is 0.459 e. The van der Waals surface area contributed by atoms with Gasteiger partial charge in [0.15, 0.2) is 5.76 Å². The van der Waals surface area contributed by atoms with Gasteiger partial charge in [0, 0.05) is 21.9 Å². The van der Waals surface area contributed by atoms with Crippen LogP contribution in [0, 0.1) is 0 Å². The second kappa shape index (κ2) is 9.18. The Labute approximate surface area is 200 Å². The summed E-state index contributed by atoms with van der Waals surface area (Å²) in [5, 5.41) is 6.89. The third kappa shape index (κ3) is 4.10. The molecule has 4 aromatic rings. The topological polar surface area (TPSA) is 101 Å². The molecule has 5 rings (SSSR count). The highest BCUT2D eigenvalue weighted by Gasteiger charge is 2.27. The molecule has 0 saturated heterocycles. The number of carbonyl (C=O) groups excluding carboxylic acids is 2. The molecule has 2 aromatic heterocycles. The van der Waals surface area contributed by atoms with Crippen molar-refractivity contribution in [3.63, 3.8) is 0 Å². The standard InChI is InChI=1S/C25H22N4O4S/c1-3-12-29-18-11-10-16(14-21(18)34-20-9-5-4-7-17(20)25(29)31)22-27-24(33-28-22)15(2)26-23(30)19-8-6-13-32-19/h4-11,13-15H,3,12H2,1-2H3,(H,26,30). The number of hydrogen-bond acceptors (Lipinski definition) is 7. The molecule has 0 saturated carbocycles. The molecule has 1 atom stereocenters. The molecule has 2 amide bonds. The van der Waals surface area contributed by atoms with Crippen molar-refractivity contribution in [2.75, 3.05) is 11.4 Å². The fourth-order valence-electron chi connectivity index (χ4n) is 3.77. The number of hydrogen-bond donors (Lipinski definition) is 1.